The molecule has 2 rings (SSSR count). The summed E-state index contributed by atoms with van der Waals surface area (Å²) >= 11 is 5.74. The van der Waals surface area contributed by atoms with Gasteiger partial charge in [-0.1, -0.05) is 17.7 Å². The van der Waals surface area contributed by atoms with Gasteiger partial charge in [-0.25, -0.2) is 17.6 Å². The molecule has 0 saturated heterocycles. The summed E-state index contributed by atoms with van der Waals surface area (Å²) in [4.78, 5) is 12.4. The zero-order valence-electron chi connectivity index (χ0n) is 20.7. The maximum Gasteiger partial charge on any atom is 0.335 e. The van der Waals surface area contributed by atoms with Gasteiger partial charge in [-0.05, 0) is 44.2 Å². The van der Waals surface area contributed by atoms with Crippen molar-refractivity contribution in [3.05, 3.63) is 40.6 Å². The highest BCUT2D eigenvalue weighted by Gasteiger charge is 2.35. The first-order valence-electron chi connectivity index (χ1n) is 10.7. The van der Waals surface area contributed by atoms with E-state index in [9.17, 15) is 17.6 Å². The van der Waals surface area contributed by atoms with Crippen LogP contribution in [0.4, 0.5) is 10.1 Å². The van der Waals surface area contributed by atoms with Gasteiger partial charge in [0.1, 0.15) is 11.0 Å². The highest BCUT2D eigenvalue weighted by molar-refractivity contribution is 7.93. The van der Waals surface area contributed by atoms with Crippen molar-refractivity contribution in [2.24, 2.45) is 0 Å². The Labute approximate surface area is 152 Å². The van der Waals surface area contributed by atoms with Gasteiger partial charge < -0.3 is 4.74 Å². The summed E-state index contributed by atoms with van der Waals surface area (Å²) in [6.45, 7) is 1.06. The summed E-state index contributed by atoms with van der Waals surface area (Å²) in [7, 11) is -5.81. The molecule has 0 aliphatic heterocycles. The van der Waals surface area contributed by atoms with Crippen LogP contribution in [0, 0.1) is 5.82 Å². The lowest BCUT2D eigenvalue weighted by atomic mass is 9.99. The maximum atomic E-state index is 13.9. The van der Waals surface area contributed by atoms with E-state index in [1.165, 1.54) is 6.92 Å². The number of halogens is 2. The zero-order chi connectivity index (χ0) is 25.0. The van der Waals surface area contributed by atoms with Crippen molar-refractivity contribution in [3.8, 4) is 0 Å². The van der Waals surface area contributed by atoms with Crippen LogP contribution in [0.5, 0.6) is 0 Å². The lowest BCUT2D eigenvalue weighted by Crippen LogP contribution is -2.34. The Hall–Kier alpha value is -1.60. The van der Waals surface area contributed by atoms with Crippen LogP contribution >= 0.6 is 11.6 Å². The zero-order valence-corrected chi connectivity index (χ0v) is 13.3. The quantitative estimate of drug-likeness (QED) is 0.807. The minimum Gasteiger partial charge on any atom is -0.463 e. The molecule has 0 aromatic heterocycles. The van der Waals surface area contributed by atoms with Crippen molar-refractivity contribution in [2.75, 3.05) is 11.3 Å². The van der Waals surface area contributed by atoms with Crippen LogP contribution in [0.25, 0.3) is 0 Å². The molecule has 8 heteroatoms. The Bertz CT molecular complexity index is 1090. The highest BCUT2D eigenvalue weighted by atomic mass is 35.5. The highest BCUT2D eigenvalue weighted by Crippen LogP contribution is 2.30. The second-order valence-electron chi connectivity index (χ2n) is 4.09. The molecule has 0 unspecified atom stereocenters. The number of carbonyl (C=O) groups is 1. The normalized spacial score (nSPS) is 31.4. The smallest absolute Gasteiger partial charge is 0.335 e. The van der Waals surface area contributed by atoms with E-state index in [-0.39, 0.29) is 6.61 Å². The monoisotopic (exact) mass is 370 g/mol. The molecule has 1 N–H and O–H groups in total. The fourth-order valence-electron chi connectivity index (χ4n) is 1.62. The average Bonchev–Trinajstić information content (AvgIpc) is 2.69. The van der Waals surface area contributed by atoms with Crippen molar-refractivity contribution in [1.82, 2.24) is 0 Å². The number of hydrogen-bond donors (Lipinski definition) is 1. The first-order valence-corrected chi connectivity index (χ1v) is 8.09. The van der Waals surface area contributed by atoms with Crippen LogP contribution < -0.4 is 4.72 Å². The molecule has 0 saturated carbocycles. The summed E-state index contributed by atoms with van der Waals surface area (Å²) in [5.41, 5.74) is -2.35. The van der Waals surface area contributed by atoms with E-state index in [0.717, 1.165) is 0 Å². The molecular formula is C15H17ClFNO4S. The molecule has 1 aromatic rings. The van der Waals surface area contributed by atoms with Gasteiger partial charge in [-0.2, -0.15) is 0 Å². The van der Waals surface area contributed by atoms with E-state index in [4.69, 9.17) is 24.0 Å². The summed E-state index contributed by atoms with van der Waals surface area (Å²) in [5.74, 6) is -3.02. The van der Waals surface area contributed by atoms with Crippen molar-refractivity contribution in [3.63, 3.8) is 0 Å². The van der Waals surface area contributed by atoms with Gasteiger partial charge in [0.25, 0.3) is 0 Å². The number of sulfonamides is 1. The van der Waals surface area contributed by atoms with E-state index in [0.29, 0.717) is 6.08 Å². The van der Waals surface area contributed by atoms with Gasteiger partial charge in [0.05, 0.1) is 28.4 Å². The van der Waals surface area contributed by atoms with Crippen LogP contribution in [0.3, 0.4) is 0 Å². The summed E-state index contributed by atoms with van der Waals surface area (Å²) in [6.07, 6.45) is -6.76. The third kappa shape index (κ3) is 4.23. The van der Waals surface area contributed by atoms with Gasteiger partial charge >= 0.3 is 5.97 Å². The van der Waals surface area contributed by atoms with Gasteiger partial charge in [-0.3, -0.25) is 4.72 Å². The molecule has 23 heavy (non-hydrogen) atoms. The van der Waals surface area contributed by atoms with Crippen LogP contribution in [0.1, 0.15) is 37.1 Å². The predicted molar refractivity (Wildman–Crippen MR) is 86.3 cm³/mol. The minimum absolute atomic E-state index is 0.294. The predicted octanol–water partition coefficient (Wildman–Crippen LogP) is 3.26. The fourth-order valence-corrected chi connectivity index (χ4v) is 2.95. The lowest BCUT2D eigenvalue weighted by molar-refractivity contribution is -0.138. The Morgan fingerprint density at radius 2 is 2.43 bits per heavy atom. The molecule has 1 aromatic carbocycles. The molecule has 0 radical (unpaired) electrons. The lowest BCUT2D eigenvalue weighted by Gasteiger charge is -2.24. The molecule has 0 fully saturated rings. The van der Waals surface area contributed by atoms with Crippen molar-refractivity contribution in [1.29, 1.82) is 0 Å². The van der Waals surface area contributed by atoms with E-state index >= 15 is 0 Å². The minimum atomic E-state index is -5.81. The molecule has 126 valence electrons. The molecule has 1 aliphatic rings. The van der Waals surface area contributed by atoms with Crippen molar-refractivity contribution >= 4 is 33.3 Å². The first-order chi connectivity index (χ1) is 14.4. The Morgan fingerprint density at radius 1 is 1.70 bits per heavy atom. The van der Waals surface area contributed by atoms with Gasteiger partial charge in [0, 0.05) is 5.48 Å². The molecule has 0 bridgehead atoms. The SMILES string of the molecule is [2H]c1c([2H])c(N([2H])S(=O)(=O)[C@@]2([2H])C(C(=O)OCC)=CCC([2H])([2H])C2([2H])[2H])c(Cl)c([2H])c1F. The molecule has 1 aliphatic carbocycles. The fraction of sp³-hybridized carbons (Fsp3) is 0.400. The van der Waals surface area contributed by atoms with Crippen molar-refractivity contribution in [2.45, 2.75) is 31.3 Å². The number of ether oxygens (including phenoxy) is 1. The Balaban J connectivity index is 2.89. The standard InChI is InChI=1S/C15H17ClFNO4S/c1-2-22-15(19)11-5-3-4-6-14(11)23(20,21)18-13-8-7-10(17)9-12(13)16/h5,7-9,14,18H,2-4,6H2,1H3/t14-/m1/s1/i4D2,6D2,7D,8D,9D,14D/hD. The molecule has 5 nitrogen and oxygen atoms in total. The summed E-state index contributed by atoms with van der Waals surface area (Å²) in [6, 6.07) is -3.77. The van der Waals surface area contributed by atoms with E-state index in [1.54, 1.807) is 0 Å². The second-order valence-corrected chi connectivity index (χ2v) is 6.01. The van der Waals surface area contributed by atoms with E-state index in [1.807, 2.05) is 0 Å². The number of carbonyl (C=O) groups excluding carboxylic acids is 1. The largest absolute Gasteiger partial charge is 0.463 e. The van der Waals surface area contributed by atoms with Gasteiger partial charge in [0.2, 0.25) is 10.0 Å². The number of benzene rings is 1. The number of hydrogen-bond acceptors (Lipinski definition) is 4. The van der Waals surface area contributed by atoms with Crippen LogP contribution in [-0.2, 0) is 19.6 Å². The van der Waals surface area contributed by atoms with Crippen molar-refractivity contribution < 1.29 is 34.7 Å². The molecular weight excluding hydrogens is 345 g/mol. The Morgan fingerprint density at radius 3 is 3.13 bits per heavy atom. The molecule has 1 atom stereocenters. The molecule has 0 amide bonds. The second kappa shape index (κ2) is 7.31. The third-order valence-electron chi connectivity index (χ3n) is 2.54. The van der Waals surface area contributed by atoms with E-state index < -0.39 is 85.3 Å². The number of esters is 1. The summed E-state index contributed by atoms with van der Waals surface area (Å²) in [5, 5.41) is -4.91. The van der Waals surface area contributed by atoms with Crippen LogP contribution in [0.15, 0.2) is 29.8 Å². The topological polar surface area (TPSA) is 72.5 Å². The molecule has 0 heterocycles. The van der Waals surface area contributed by atoms with Gasteiger partial charge in [0.15, 0.2) is 1.41 Å². The number of anilines is 1. The van der Waals surface area contributed by atoms with Gasteiger partial charge in [-0.15, -0.1) is 0 Å². The van der Waals surface area contributed by atoms with Crippen LogP contribution in [-0.4, -0.2) is 26.2 Å². The first kappa shape index (κ1) is 9.03. The third-order valence-corrected chi connectivity index (χ3v) is 4.07. The summed E-state index contributed by atoms with van der Waals surface area (Å²) < 4.78 is 116. The number of nitrogens with one attached hydrogen (secondary N) is 1. The average molecular weight is 371 g/mol. The number of rotatable bonds is 5. The Kier molecular flexibility index (Phi) is 2.87. The molecule has 0 spiro atoms. The van der Waals surface area contributed by atoms with Crippen LogP contribution in [0.2, 0.25) is 6.43 Å². The van der Waals surface area contributed by atoms with E-state index in [2.05, 4.69) is 4.74 Å². The maximum absolute atomic E-state index is 13.9. The number of allylic oxidation sites excluding steroid dienone is 1.